The molecular weight excluding hydrogens is 243 g/mol. The highest BCUT2D eigenvalue weighted by atomic mass is 19.1. The first-order valence-electron chi connectivity index (χ1n) is 6.45. The zero-order valence-corrected chi connectivity index (χ0v) is 11.1. The van der Waals surface area contributed by atoms with E-state index in [1.54, 1.807) is 12.1 Å². The SMILES string of the molecule is CCN(CCN)Cc1cn[nH]c1-c1ccc(F)cc1. The molecule has 19 heavy (non-hydrogen) atoms. The number of likely N-dealkylation sites (N-methyl/N-ethyl adjacent to an activating group) is 1. The van der Waals surface area contributed by atoms with Gasteiger partial charge < -0.3 is 5.73 Å². The molecule has 0 amide bonds. The third-order valence-corrected chi connectivity index (χ3v) is 3.14. The second-order valence-corrected chi connectivity index (χ2v) is 4.43. The summed E-state index contributed by atoms with van der Waals surface area (Å²) in [7, 11) is 0. The minimum atomic E-state index is -0.233. The molecule has 3 N–H and O–H groups in total. The van der Waals surface area contributed by atoms with Crippen LogP contribution >= 0.6 is 0 Å². The van der Waals surface area contributed by atoms with Gasteiger partial charge in [0.1, 0.15) is 5.82 Å². The van der Waals surface area contributed by atoms with Crippen molar-refractivity contribution in [1.29, 1.82) is 0 Å². The zero-order valence-electron chi connectivity index (χ0n) is 11.1. The van der Waals surface area contributed by atoms with Crippen LogP contribution in [0.15, 0.2) is 30.5 Å². The van der Waals surface area contributed by atoms with Gasteiger partial charge >= 0.3 is 0 Å². The highest BCUT2D eigenvalue weighted by molar-refractivity contribution is 5.62. The van der Waals surface area contributed by atoms with Gasteiger partial charge in [-0.15, -0.1) is 0 Å². The number of nitrogens with one attached hydrogen (secondary N) is 1. The van der Waals surface area contributed by atoms with Crippen molar-refractivity contribution in [2.24, 2.45) is 5.73 Å². The molecule has 0 spiro atoms. The van der Waals surface area contributed by atoms with Crippen LogP contribution in [0.1, 0.15) is 12.5 Å². The largest absolute Gasteiger partial charge is 0.329 e. The molecule has 0 bridgehead atoms. The van der Waals surface area contributed by atoms with Gasteiger partial charge in [-0.05, 0) is 30.8 Å². The Morgan fingerprint density at radius 3 is 2.68 bits per heavy atom. The van der Waals surface area contributed by atoms with Gasteiger partial charge in [-0.1, -0.05) is 6.92 Å². The maximum absolute atomic E-state index is 12.9. The number of nitrogens with two attached hydrogens (primary N) is 1. The molecule has 0 saturated heterocycles. The first-order chi connectivity index (χ1) is 9.24. The maximum atomic E-state index is 12.9. The number of halogens is 1. The Hall–Kier alpha value is -1.72. The predicted octanol–water partition coefficient (Wildman–Crippen LogP) is 2.00. The average Bonchev–Trinajstić information content (AvgIpc) is 2.87. The summed E-state index contributed by atoms with van der Waals surface area (Å²) in [4.78, 5) is 2.25. The lowest BCUT2D eigenvalue weighted by Gasteiger charge is -2.19. The number of nitrogens with zero attached hydrogens (tertiary/aromatic N) is 2. The predicted molar refractivity (Wildman–Crippen MR) is 74.0 cm³/mol. The van der Waals surface area contributed by atoms with Crippen LogP contribution in [-0.4, -0.2) is 34.7 Å². The van der Waals surface area contributed by atoms with Gasteiger partial charge in [0, 0.05) is 30.8 Å². The minimum absolute atomic E-state index is 0.233. The summed E-state index contributed by atoms with van der Waals surface area (Å²) in [5.74, 6) is -0.233. The number of H-pyrrole nitrogens is 1. The Morgan fingerprint density at radius 1 is 1.32 bits per heavy atom. The molecule has 102 valence electrons. The summed E-state index contributed by atoms with van der Waals surface area (Å²) in [6, 6.07) is 6.42. The molecule has 0 aliphatic rings. The monoisotopic (exact) mass is 262 g/mol. The Kier molecular flexibility index (Phi) is 4.65. The Morgan fingerprint density at radius 2 is 2.05 bits per heavy atom. The van der Waals surface area contributed by atoms with Gasteiger partial charge in [0.05, 0.1) is 11.9 Å². The van der Waals surface area contributed by atoms with Crippen LogP contribution < -0.4 is 5.73 Å². The van der Waals surface area contributed by atoms with Crippen molar-refractivity contribution in [3.63, 3.8) is 0 Å². The van der Waals surface area contributed by atoms with Crippen LogP contribution in [0.2, 0.25) is 0 Å². The molecule has 2 rings (SSSR count). The van der Waals surface area contributed by atoms with E-state index in [1.807, 2.05) is 6.20 Å². The molecule has 0 aliphatic heterocycles. The number of benzene rings is 1. The van der Waals surface area contributed by atoms with Gasteiger partial charge in [0.25, 0.3) is 0 Å². The molecule has 0 saturated carbocycles. The van der Waals surface area contributed by atoms with Crippen molar-refractivity contribution in [2.75, 3.05) is 19.6 Å². The summed E-state index contributed by atoms with van der Waals surface area (Å²) >= 11 is 0. The molecule has 0 unspecified atom stereocenters. The van der Waals surface area contributed by atoms with Crippen LogP contribution in [0.25, 0.3) is 11.3 Å². The molecule has 0 aliphatic carbocycles. The van der Waals surface area contributed by atoms with E-state index < -0.39 is 0 Å². The molecule has 2 aromatic rings. The van der Waals surface area contributed by atoms with E-state index in [9.17, 15) is 4.39 Å². The number of hydrogen-bond acceptors (Lipinski definition) is 3. The quantitative estimate of drug-likeness (QED) is 0.837. The first-order valence-corrected chi connectivity index (χ1v) is 6.45. The van der Waals surface area contributed by atoms with Gasteiger partial charge in [0.2, 0.25) is 0 Å². The van der Waals surface area contributed by atoms with Crippen LogP contribution in [-0.2, 0) is 6.54 Å². The van der Waals surface area contributed by atoms with E-state index in [0.717, 1.165) is 36.5 Å². The van der Waals surface area contributed by atoms with Crippen molar-refractivity contribution >= 4 is 0 Å². The number of rotatable bonds is 6. The average molecular weight is 262 g/mol. The fourth-order valence-electron chi connectivity index (χ4n) is 2.07. The molecule has 1 heterocycles. The summed E-state index contributed by atoms with van der Waals surface area (Å²) < 4.78 is 12.9. The minimum Gasteiger partial charge on any atom is -0.329 e. The Balaban J connectivity index is 2.19. The molecule has 5 heteroatoms. The van der Waals surface area contributed by atoms with Crippen molar-refractivity contribution in [3.8, 4) is 11.3 Å². The standard InChI is InChI=1S/C14H19FN4/c1-2-19(8-7-16)10-12-9-17-18-14(12)11-3-5-13(15)6-4-11/h3-6,9H,2,7-8,10,16H2,1H3,(H,17,18). The van der Waals surface area contributed by atoms with Crippen LogP contribution in [0.4, 0.5) is 4.39 Å². The van der Waals surface area contributed by atoms with Crippen LogP contribution in [0, 0.1) is 5.82 Å². The molecule has 1 aromatic carbocycles. The van der Waals surface area contributed by atoms with Gasteiger partial charge in [-0.2, -0.15) is 5.10 Å². The van der Waals surface area contributed by atoms with Crippen molar-refractivity contribution in [1.82, 2.24) is 15.1 Å². The van der Waals surface area contributed by atoms with Gasteiger partial charge in [-0.3, -0.25) is 10.00 Å². The first kappa shape index (κ1) is 13.7. The second-order valence-electron chi connectivity index (χ2n) is 4.43. The molecule has 0 radical (unpaired) electrons. The van der Waals surface area contributed by atoms with E-state index in [1.165, 1.54) is 12.1 Å². The van der Waals surface area contributed by atoms with E-state index in [4.69, 9.17) is 5.73 Å². The highest BCUT2D eigenvalue weighted by Crippen LogP contribution is 2.22. The zero-order chi connectivity index (χ0) is 13.7. The normalized spacial score (nSPS) is 11.2. The lowest BCUT2D eigenvalue weighted by atomic mass is 10.1. The van der Waals surface area contributed by atoms with E-state index in [0.29, 0.717) is 6.54 Å². The lowest BCUT2D eigenvalue weighted by molar-refractivity contribution is 0.288. The fourth-order valence-corrected chi connectivity index (χ4v) is 2.07. The summed E-state index contributed by atoms with van der Waals surface area (Å²) in [6.07, 6.45) is 1.82. The topological polar surface area (TPSA) is 57.9 Å². The van der Waals surface area contributed by atoms with Crippen molar-refractivity contribution in [2.45, 2.75) is 13.5 Å². The smallest absolute Gasteiger partial charge is 0.123 e. The Bertz CT molecular complexity index is 506. The number of aromatic amines is 1. The van der Waals surface area contributed by atoms with Crippen LogP contribution in [0.5, 0.6) is 0 Å². The van der Waals surface area contributed by atoms with E-state index in [2.05, 4.69) is 22.0 Å². The summed E-state index contributed by atoms with van der Waals surface area (Å²) in [5.41, 5.74) is 8.57. The maximum Gasteiger partial charge on any atom is 0.123 e. The third-order valence-electron chi connectivity index (χ3n) is 3.14. The second kappa shape index (κ2) is 6.45. The lowest BCUT2D eigenvalue weighted by Crippen LogP contribution is -2.28. The molecule has 1 aromatic heterocycles. The molecule has 0 atom stereocenters. The van der Waals surface area contributed by atoms with Gasteiger partial charge in [0.15, 0.2) is 0 Å². The van der Waals surface area contributed by atoms with E-state index >= 15 is 0 Å². The summed E-state index contributed by atoms with van der Waals surface area (Å²) in [6.45, 7) is 5.32. The van der Waals surface area contributed by atoms with E-state index in [-0.39, 0.29) is 5.82 Å². The molecular formula is C14H19FN4. The third kappa shape index (κ3) is 3.39. The number of hydrogen-bond donors (Lipinski definition) is 2. The fraction of sp³-hybridized carbons (Fsp3) is 0.357. The highest BCUT2D eigenvalue weighted by Gasteiger charge is 2.11. The van der Waals surface area contributed by atoms with Gasteiger partial charge in [-0.25, -0.2) is 4.39 Å². The van der Waals surface area contributed by atoms with Crippen molar-refractivity contribution < 1.29 is 4.39 Å². The van der Waals surface area contributed by atoms with Crippen LogP contribution in [0.3, 0.4) is 0 Å². The number of aromatic nitrogens is 2. The summed E-state index contributed by atoms with van der Waals surface area (Å²) in [5, 5.41) is 7.07. The molecule has 4 nitrogen and oxygen atoms in total. The molecule has 0 fully saturated rings. The van der Waals surface area contributed by atoms with Crippen molar-refractivity contribution in [3.05, 3.63) is 41.8 Å². The Labute approximate surface area is 112 Å².